The molecule has 0 bridgehead atoms. The second-order valence-corrected chi connectivity index (χ2v) is 12.0. The van der Waals surface area contributed by atoms with Crippen LogP contribution in [0.15, 0.2) is 78.9 Å². The van der Waals surface area contributed by atoms with E-state index in [1.165, 1.54) is 4.90 Å². The summed E-state index contributed by atoms with van der Waals surface area (Å²) in [6.07, 6.45) is -0.659. The Morgan fingerprint density at radius 1 is 0.800 bits per heavy atom. The number of benzene rings is 3. The third-order valence-corrected chi connectivity index (χ3v) is 6.27. The first-order valence-corrected chi connectivity index (χ1v) is 13.2. The molecule has 8 heteroatoms. The number of rotatable bonds is 6. The molecule has 3 N–H and O–H groups in total. The molecule has 1 heterocycles. The maximum atomic E-state index is 13.6. The first-order chi connectivity index (χ1) is 18.7. The van der Waals surface area contributed by atoms with Crippen molar-refractivity contribution in [2.24, 2.45) is 5.41 Å². The molecule has 0 aliphatic heterocycles. The fourth-order valence-corrected chi connectivity index (χ4v) is 4.68. The van der Waals surface area contributed by atoms with Gasteiger partial charge in [0.1, 0.15) is 5.69 Å². The van der Waals surface area contributed by atoms with E-state index in [1.807, 2.05) is 94.6 Å². The number of anilines is 3. The summed E-state index contributed by atoms with van der Waals surface area (Å²) >= 11 is 0. The number of nitrogens with zero attached hydrogens (tertiary/aromatic N) is 2. The van der Waals surface area contributed by atoms with Crippen molar-refractivity contribution in [2.75, 3.05) is 15.5 Å². The Morgan fingerprint density at radius 3 is 2.00 bits per heavy atom. The Bertz CT molecular complexity index is 1540. The summed E-state index contributed by atoms with van der Waals surface area (Å²) in [5.41, 5.74) is 3.02. The van der Waals surface area contributed by atoms with Crippen LogP contribution in [0.4, 0.5) is 21.9 Å². The van der Waals surface area contributed by atoms with Gasteiger partial charge in [-0.3, -0.25) is 14.5 Å². The normalized spacial score (nSPS) is 11.8. The summed E-state index contributed by atoms with van der Waals surface area (Å²) in [7, 11) is 0. The smallest absolute Gasteiger partial charge is 0.412 e. The highest BCUT2D eigenvalue weighted by Gasteiger charge is 2.28. The fraction of sp³-hybridized carbons (Fsp3) is 0.281. The third kappa shape index (κ3) is 6.51. The van der Waals surface area contributed by atoms with Crippen LogP contribution in [-0.4, -0.2) is 33.1 Å². The maximum Gasteiger partial charge on any atom is 0.412 e. The second kappa shape index (κ2) is 10.9. The molecule has 0 fully saturated rings. The molecule has 0 atom stereocenters. The van der Waals surface area contributed by atoms with E-state index in [1.54, 1.807) is 30.3 Å². The molecule has 3 amide bonds. The van der Waals surface area contributed by atoms with Crippen LogP contribution < -0.4 is 15.5 Å². The predicted octanol–water partition coefficient (Wildman–Crippen LogP) is 7.54. The van der Waals surface area contributed by atoms with Gasteiger partial charge < -0.3 is 20.3 Å². The summed E-state index contributed by atoms with van der Waals surface area (Å²) in [5.74, 6) is -0.388. The fourth-order valence-electron chi connectivity index (χ4n) is 4.68. The topological polar surface area (TPSA) is 104 Å². The molecule has 0 spiro atoms. The van der Waals surface area contributed by atoms with Gasteiger partial charge in [-0.25, -0.2) is 4.79 Å². The van der Waals surface area contributed by atoms with Crippen molar-refractivity contribution in [1.29, 1.82) is 0 Å². The molecule has 0 aliphatic carbocycles. The van der Waals surface area contributed by atoms with Crippen molar-refractivity contribution in [3.05, 3.63) is 84.6 Å². The number of para-hydroxylation sites is 1. The number of nitrogens with one attached hydrogen (secondary N) is 2. The van der Waals surface area contributed by atoms with Gasteiger partial charge in [0.15, 0.2) is 0 Å². The van der Waals surface area contributed by atoms with Crippen molar-refractivity contribution in [3.63, 3.8) is 0 Å². The van der Waals surface area contributed by atoms with E-state index in [-0.39, 0.29) is 17.2 Å². The average Bonchev–Trinajstić information content (AvgIpc) is 3.22. The van der Waals surface area contributed by atoms with Crippen LogP contribution in [0.2, 0.25) is 0 Å². The van der Waals surface area contributed by atoms with Gasteiger partial charge in [-0.05, 0) is 86.8 Å². The Labute approximate surface area is 234 Å². The van der Waals surface area contributed by atoms with Crippen LogP contribution in [0, 0.1) is 5.41 Å². The molecule has 0 aliphatic rings. The minimum atomic E-state index is -1.05. The minimum absolute atomic E-state index is 0.0660. The van der Waals surface area contributed by atoms with Gasteiger partial charge in [0.2, 0.25) is 5.91 Å². The van der Waals surface area contributed by atoms with Crippen molar-refractivity contribution in [1.82, 2.24) is 4.57 Å². The lowest BCUT2D eigenvalue weighted by molar-refractivity contribution is -0.117. The standard InChI is InChI=1S/C32H36N4O4/c1-31(2,3)20-28(37)33-23-14-17-26-21(18-23)19-27(35(26)24-10-8-7-9-11-24)29(38)34-22-12-15-25(16-13-22)36(30(39)40)32(4,5)6/h7-19H,20H2,1-6H3,(H,33,37)(H,34,38)(H,39,40). The first-order valence-electron chi connectivity index (χ1n) is 13.2. The van der Waals surface area contributed by atoms with Crippen molar-refractivity contribution < 1.29 is 19.5 Å². The Kier molecular flexibility index (Phi) is 7.73. The second-order valence-electron chi connectivity index (χ2n) is 12.0. The summed E-state index contributed by atoms with van der Waals surface area (Å²) < 4.78 is 1.88. The zero-order valence-electron chi connectivity index (χ0n) is 23.8. The van der Waals surface area contributed by atoms with Gasteiger partial charge in [-0.15, -0.1) is 0 Å². The predicted molar refractivity (Wildman–Crippen MR) is 161 cm³/mol. The van der Waals surface area contributed by atoms with Crippen LogP contribution in [0.5, 0.6) is 0 Å². The molecule has 0 unspecified atom stereocenters. The number of hydrogen-bond acceptors (Lipinski definition) is 3. The Hall–Kier alpha value is -4.59. The molecule has 40 heavy (non-hydrogen) atoms. The molecule has 0 saturated heterocycles. The SMILES string of the molecule is CC(C)(C)CC(=O)Nc1ccc2c(c1)cc(C(=O)Nc1ccc(N(C(=O)O)C(C)(C)C)cc1)n2-c1ccccc1. The van der Waals surface area contributed by atoms with E-state index in [4.69, 9.17) is 0 Å². The highest BCUT2D eigenvalue weighted by atomic mass is 16.4. The van der Waals surface area contributed by atoms with E-state index in [2.05, 4.69) is 10.6 Å². The van der Waals surface area contributed by atoms with Gasteiger partial charge in [-0.2, -0.15) is 0 Å². The zero-order valence-corrected chi connectivity index (χ0v) is 23.8. The van der Waals surface area contributed by atoms with Crippen LogP contribution >= 0.6 is 0 Å². The molecule has 4 rings (SSSR count). The Balaban J connectivity index is 1.66. The first kappa shape index (κ1) is 28.4. The number of carbonyl (C=O) groups excluding carboxylic acids is 2. The largest absolute Gasteiger partial charge is 0.465 e. The number of carbonyl (C=O) groups is 3. The Morgan fingerprint density at radius 2 is 1.43 bits per heavy atom. The van der Waals surface area contributed by atoms with Crippen molar-refractivity contribution >= 4 is 45.9 Å². The summed E-state index contributed by atoms with van der Waals surface area (Å²) in [5, 5.41) is 16.4. The summed E-state index contributed by atoms with van der Waals surface area (Å²) in [4.78, 5) is 39.2. The molecular weight excluding hydrogens is 504 g/mol. The van der Waals surface area contributed by atoms with E-state index >= 15 is 0 Å². The molecule has 208 valence electrons. The summed E-state index contributed by atoms with van der Waals surface area (Å²) in [6, 6.07) is 23.7. The van der Waals surface area contributed by atoms with Crippen LogP contribution in [-0.2, 0) is 4.79 Å². The molecule has 8 nitrogen and oxygen atoms in total. The molecule has 0 radical (unpaired) electrons. The molecule has 3 aromatic carbocycles. The lowest BCUT2D eigenvalue weighted by atomic mass is 9.92. The monoisotopic (exact) mass is 540 g/mol. The minimum Gasteiger partial charge on any atom is -0.465 e. The van der Waals surface area contributed by atoms with Gasteiger partial charge >= 0.3 is 6.09 Å². The summed E-state index contributed by atoms with van der Waals surface area (Å²) in [6.45, 7) is 11.5. The van der Waals surface area contributed by atoms with Crippen molar-refractivity contribution in [2.45, 2.75) is 53.5 Å². The van der Waals surface area contributed by atoms with E-state index in [9.17, 15) is 19.5 Å². The molecular formula is C32H36N4O4. The highest BCUT2D eigenvalue weighted by molar-refractivity contribution is 6.08. The van der Waals surface area contributed by atoms with Crippen LogP contribution in [0.3, 0.4) is 0 Å². The number of hydrogen-bond donors (Lipinski definition) is 3. The van der Waals surface area contributed by atoms with Crippen LogP contribution in [0.1, 0.15) is 58.5 Å². The van der Waals surface area contributed by atoms with E-state index in [0.29, 0.717) is 29.2 Å². The van der Waals surface area contributed by atoms with Gasteiger partial charge in [0, 0.05) is 40.1 Å². The van der Waals surface area contributed by atoms with Crippen molar-refractivity contribution in [3.8, 4) is 5.69 Å². The van der Waals surface area contributed by atoms with Gasteiger partial charge in [-0.1, -0.05) is 39.0 Å². The lowest BCUT2D eigenvalue weighted by Crippen LogP contribution is -2.45. The van der Waals surface area contributed by atoms with E-state index in [0.717, 1.165) is 16.6 Å². The highest BCUT2D eigenvalue weighted by Crippen LogP contribution is 2.30. The maximum absolute atomic E-state index is 13.6. The number of fused-ring (bicyclic) bond motifs is 1. The number of carboxylic acid groups (broad SMARTS) is 1. The number of aromatic nitrogens is 1. The van der Waals surface area contributed by atoms with Gasteiger partial charge in [0.25, 0.3) is 5.91 Å². The lowest BCUT2D eigenvalue weighted by Gasteiger charge is -2.33. The third-order valence-electron chi connectivity index (χ3n) is 6.27. The molecule has 1 aromatic heterocycles. The molecule has 0 saturated carbocycles. The zero-order chi connectivity index (χ0) is 29.2. The number of amides is 3. The van der Waals surface area contributed by atoms with Crippen LogP contribution in [0.25, 0.3) is 16.6 Å². The average molecular weight is 541 g/mol. The van der Waals surface area contributed by atoms with E-state index < -0.39 is 11.6 Å². The quantitative estimate of drug-likeness (QED) is 0.235. The molecule has 4 aromatic rings. The van der Waals surface area contributed by atoms with Gasteiger partial charge in [0.05, 0.1) is 5.52 Å².